The van der Waals surface area contributed by atoms with Crippen molar-refractivity contribution in [2.24, 2.45) is 4.99 Å². The molecule has 1 aromatic rings. The molecule has 0 unspecified atom stereocenters. The van der Waals surface area contributed by atoms with Crippen molar-refractivity contribution < 1.29 is 10.0 Å². The average molecular weight is 192 g/mol. The molecule has 0 radical (unpaired) electrons. The number of nitrogens with one attached hydrogen (secondary N) is 1. The number of anilines is 1. The maximum absolute atomic E-state index is 10.2. The summed E-state index contributed by atoms with van der Waals surface area (Å²) in [7, 11) is 0. The van der Waals surface area contributed by atoms with Crippen LogP contribution < -0.4 is 5.48 Å². The maximum Gasteiger partial charge on any atom is 0.240 e. The fraction of sp³-hybridized carbons (Fsp3) is 0.300. The van der Waals surface area contributed by atoms with Gasteiger partial charge in [-0.1, -0.05) is 6.07 Å². The van der Waals surface area contributed by atoms with Crippen molar-refractivity contribution in [1.29, 1.82) is 0 Å². The van der Waals surface area contributed by atoms with E-state index in [4.69, 9.17) is 5.21 Å². The van der Waals surface area contributed by atoms with E-state index in [0.717, 1.165) is 16.7 Å². The minimum atomic E-state index is 0.558. The smallest absolute Gasteiger partial charge is 0.240 e. The molecule has 14 heavy (non-hydrogen) atoms. The third kappa shape index (κ3) is 1.66. The third-order valence-electron chi connectivity index (χ3n) is 2.20. The number of benzene rings is 1. The van der Waals surface area contributed by atoms with E-state index in [-0.39, 0.29) is 0 Å². The second-order valence-electron chi connectivity index (χ2n) is 3.17. The van der Waals surface area contributed by atoms with Gasteiger partial charge in [0.2, 0.25) is 6.08 Å². The van der Waals surface area contributed by atoms with Crippen LogP contribution in [0.25, 0.3) is 0 Å². The molecule has 0 heterocycles. The van der Waals surface area contributed by atoms with Crippen molar-refractivity contribution in [3.63, 3.8) is 0 Å². The predicted molar refractivity (Wildman–Crippen MR) is 53.8 cm³/mol. The predicted octanol–water partition coefficient (Wildman–Crippen LogP) is 2.38. The molecule has 0 bridgehead atoms. The molecular formula is C10H12N2O2. The number of aryl methyl sites for hydroxylation is 2. The molecule has 1 rings (SSSR count). The molecule has 0 atom stereocenters. The molecule has 0 fully saturated rings. The molecule has 0 aromatic heterocycles. The highest BCUT2D eigenvalue weighted by Crippen LogP contribution is 2.32. The van der Waals surface area contributed by atoms with Crippen molar-refractivity contribution in [2.45, 2.75) is 20.8 Å². The summed E-state index contributed by atoms with van der Waals surface area (Å²) in [6.07, 6.45) is 1.50. The van der Waals surface area contributed by atoms with Crippen LogP contribution in [0.2, 0.25) is 0 Å². The average Bonchev–Trinajstić information content (AvgIpc) is 2.12. The lowest BCUT2D eigenvalue weighted by molar-refractivity contribution is 0.388. The second kappa shape index (κ2) is 4.05. The van der Waals surface area contributed by atoms with Gasteiger partial charge in [0.1, 0.15) is 0 Å². The monoisotopic (exact) mass is 192 g/mol. The molecule has 74 valence electrons. The first-order valence-corrected chi connectivity index (χ1v) is 4.20. The summed E-state index contributed by atoms with van der Waals surface area (Å²) in [5.41, 5.74) is 5.79. The highest BCUT2D eigenvalue weighted by molar-refractivity contribution is 5.70. The van der Waals surface area contributed by atoms with Gasteiger partial charge in [0.15, 0.2) is 0 Å². The molecule has 0 spiro atoms. The van der Waals surface area contributed by atoms with Crippen LogP contribution in [-0.4, -0.2) is 11.3 Å². The molecular weight excluding hydrogens is 180 g/mol. The zero-order chi connectivity index (χ0) is 10.7. The summed E-state index contributed by atoms with van der Waals surface area (Å²) in [5.74, 6) is 0. The van der Waals surface area contributed by atoms with Gasteiger partial charge in [-0.05, 0) is 31.9 Å². The largest absolute Gasteiger partial charge is 0.291 e. The number of carbonyl (C=O) groups excluding carboxylic acids is 1. The minimum Gasteiger partial charge on any atom is -0.291 e. The Morgan fingerprint density at radius 1 is 1.36 bits per heavy atom. The Kier molecular flexibility index (Phi) is 3.02. The Labute approximate surface area is 82.2 Å². The van der Waals surface area contributed by atoms with Gasteiger partial charge in [-0.25, -0.2) is 4.79 Å². The van der Waals surface area contributed by atoms with Gasteiger partial charge in [0.25, 0.3) is 0 Å². The Morgan fingerprint density at radius 2 is 2.00 bits per heavy atom. The van der Waals surface area contributed by atoms with Gasteiger partial charge < -0.3 is 0 Å². The van der Waals surface area contributed by atoms with Crippen LogP contribution in [-0.2, 0) is 4.79 Å². The Hall–Kier alpha value is -1.64. The van der Waals surface area contributed by atoms with Gasteiger partial charge in [-0.3, -0.25) is 10.7 Å². The minimum absolute atomic E-state index is 0.558. The normalized spacial score (nSPS) is 9.43. The molecule has 1 aromatic carbocycles. The number of aliphatic imine (C=N–C) groups is 1. The first-order chi connectivity index (χ1) is 6.61. The fourth-order valence-corrected chi connectivity index (χ4v) is 1.56. The van der Waals surface area contributed by atoms with E-state index in [9.17, 15) is 4.79 Å². The van der Waals surface area contributed by atoms with E-state index < -0.39 is 0 Å². The summed E-state index contributed by atoms with van der Waals surface area (Å²) < 4.78 is 0. The van der Waals surface area contributed by atoms with Crippen molar-refractivity contribution in [1.82, 2.24) is 0 Å². The third-order valence-corrected chi connectivity index (χ3v) is 2.20. The quantitative estimate of drug-likeness (QED) is 0.429. The standard InChI is InChI=1S/C10H12N2O2/c1-6-4-7(2)10(12-14)8(3)9(6)11-5-13/h4,12,14H,1-3H3. The summed E-state index contributed by atoms with van der Waals surface area (Å²) in [6, 6.07) is 1.85. The summed E-state index contributed by atoms with van der Waals surface area (Å²) >= 11 is 0. The molecule has 4 nitrogen and oxygen atoms in total. The molecule has 0 amide bonds. The van der Waals surface area contributed by atoms with Crippen molar-refractivity contribution in [3.8, 4) is 0 Å². The van der Waals surface area contributed by atoms with Crippen LogP contribution in [0.5, 0.6) is 0 Å². The van der Waals surface area contributed by atoms with Crippen LogP contribution in [0.1, 0.15) is 16.7 Å². The van der Waals surface area contributed by atoms with Gasteiger partial charge in [0, 0.05) is 5.56 Å². The molecule has 0 saturated heterocycles. The van der Waals surface area contributed by atoms with E-state index in [1.165, 1.54) is 6.08 Å². The highest BCUT2D eigenvalue weighted by Gasteiger charge is 2.09. The molecule has 2 N–H and O–H groups in total. The SMILES string of the molecule is Cc1cc(C)c(NO)c(C)c1N=C=O. The first-order valence-electron chi connectivity index (χ1n) is 4.20. The van der Waals surface area contributed by atoms with E-state index in [1.807, 2.05) is 19.9 Å². The van der Waals surface area contributed by atoms with Crippen LogP contribution in [0.15, 0.2) is 11.1 Å². The molecule has 4 heteroatoms. The number of rotatable bonds is 2. The van der Waals surface area contributed by atoms with Gasteiger partial charge in [-0.2, -0.15) is 4.99 Å². The van der Waals surface area contributed by atoms with E-state index in [1.54, 1.807) is 6.92 Å². The zero-order valence-corrected chi connectivity index (χ0v) is 8.38. The maximum atomic E-state index is 10.2. The van der Waals surface area contributed by atoms with Crippen molar-refractivity contribution >= 4 is 17.5 Å². The molecule has 0 aliphatic carbocycles. The number of hydrogen-bond donors (Lipinski definition) is 2. The lowest BCUT2D eigenvalue weighted by Crippen LogP contribution is -1.97. The van der Waals surface area contributed by atoms with E-state index in [0.29, 0.717) is 11.4 Å². The van der Waals surface area contributed by atoms with E-state index >= 15 is 0 Å². The summed E-state index contributed by atoms with van der Waals surface area (Å²) in [6.45, 7) is 5.51. The zero-order valence-electron chi connectivity index (χ0n) is 8.38. The number of nitrogens with zero attached hydrogens (tertiary/aromatic N) is 1. The topological polar surface area (TPSA) is 61.7 Å². The first kappa shape index (κ1) is 10.4. The Morgan fingerprint density at radius 3 is 2.50 bits per heavy atom. The van der Waals surface area contributed by atoms with Crippen LogP contribution in [0, 0.1) is 20.8 Å². The Balaban J connectivity index is 3.51. The molecule has 0 saturated carbocycles. The Bertz CT molecular complexity index is 407. The van der Waals surface area contributed by atoms with Gasteiger partial charge >= 0.3 is 0 Å². The summed E-state index contributed by atoms with van der Waals surface area (Å²) in [5, 5.41) is 8.89. The second-order valence-corrected chi connectivity index (χ2v) is 3.17. The van der Waals surface area contributed by atoms with Crippen LogP contribution >= 0.6 is 0 Å². The summed E-state index contributed by atoms with van der Waals surface area (Å²) in [4.78, 5) is 13.8. The number of isocyanates is 1. The molecule has 0 aliphatic heterocycles. The van der Waals surface area contributed by atoms with Crippen molar-refractivity contribution in [3.05, 3.63) is 22.8 Å². The van der Waals surface area contributed by atoms with Crippen LogP contribution in [0.3, 0.4) is 0 Å². The van der Waals surface area contributed by atoms with Gasteiger partial charge in [0.05, 0.1) is 11.4 Å². The fourth-order valence-electron chi connectivity index (χ4n) is 1.56. The number of hydrogen-bond acceptors (Lipinski definition) is 4. The van der Waals surface area contributed by atoms with E-state index in [2.05, 4.69) is 10.5 Å². The lowest BCUT2D eigenvalue weighted by atomic mass is 10.0. The van der Waals surface area contributed by atoms with Gasteiger partial charge in [-0.15, -0.1) is 0 Å². The lowest BCUT2D eigenvalue weighted by Gasteiger charge is -2.11. The van der Waals surface area contributed by atoms with Crippen LogP contribution in [0.4, 0.5) is 11.4 Å². The highest BCUT2D eigenvalue weighted by atomic mass is 16.5. The van der Waals surface area contributed by atoms with Crippen molar-refractivity contribution in [2.75, 3.05) is 5.48 Å². The molecule has 0 aliphatic rings.